The first-order valence-electron chi connectivity index (χ1n) is 10.5. The molecule has 0 aliphatic rings. The molecule has 0 aromatic heterocycles. The van der Waals surface area contributed by atoms with Crippen LogP contribution in [-0.2, 0) is 21.4 Å². The second-order valence-electron chi connectivity index (χ2n) is 8.27. The number of halogens is 2. The van der Waals surface area contributed by atoms with Crippen molar-refractivity contribution in [1.82, 2.24) is 14.9 Å². The van der Waals surface area contributed by atoms with Gasteiger partial charge in [0.25, 0.3) is 5.91 Å². The maximum atomic E-state index is 13.9. The monoisotopic (exact) mass is 481 g/mol. The molecule has 0 heterocycles. The van der Waals surface area contributed by atoms with Gasteiger partial charge in [0.15, 0.2) is 0 Å². The molecule has 0 radical (unpaired) electrons. The average Bonchev–Trinajstić information content (AvgIpc) is 2.75. The van der Waals surface area contributed by atoms with Gasteiger partial charge in [0, 0.05) is 19.6 Å². The lowest BCUT2D eigenvalue weighted by atomic mass is 10.0. The Morgan fingerprint density at radius 2 is 1.52 bits per heavy atom. The number of hydrogen-bond acceptors (Lipinski definition) is 4. The van der Waals surface area contributed by atoms with Crippen molar-refractivity contribution in [2.75, 3.05) is 7.05 Å². The maximum Gasteiger partial charge on any atom is 0.257 e. The van der Waals surface area contributed by atoms with Crippen molar-refractivity contribution in [2.45, 2.75) is 51.2 Å². The lowest BCUT2D eigenvalue weighted by molar-refractivity contribution is -0.124. The predicted octanol–water partition coefficient (Wildman–Crippen LogP) is 3.06. The van der Waals surface area contributed by atoms with E-state index < -0.39 is 45.1 Å². The summed E-state index contributed by atoms with van der Waals surface area (Å²) < 4.78 is 54.1. The number of sulfonamides is 1. The molecule has 2 rings (SSSR count). The van der Waals surface area contributed by atoms with Crippen LogP contribution in [0.15, 0.2) is 47.4 Å². The Kier molecular flexibility index (Phi) is 8.68. The van der Waals surface area contributed by atoms with Gasteiger partial charge in [0.2, 0.25) is 15.9 Å². The van der Waals surface area contributed by atoms with Crippen LogP contribution in [-0.4, -0.2) is 43.7 Å². The van der Waals surface area contributed by atoms with Crippen molar-refractivity contribution >= 4 is 21.8 Å². The van der Waals surface area contributed by atoms with Gasteiger partial charge in [-0.15, -0.1) is 0 Å². The molecule has 7 nitrogen and oxygen atoms in total. The van der Waals surface area contributed by atoms with E-state index in [9.17, 15) is 26.8 Å². The minimum absolute atomic E-state index is 0.0757. The van der Waals surface area contributed by atoms with Crippen LogP contribution in [0.2, 0.25) is 0 Å². The number of nitrogens with zero attached hydrogens (tertiary/aromatic N) is 1. The molecule has 1 atom stereocenters. The van der Waals surface area contributed by atoms with Gasteiger partial charge in [-0.2, -0.15) is 4.31 Å². The van der Waals surface area contributed by atoms with E-state index in [2.05, 4.69) is 10.6 Å². The van der Waals surface area contributed by atoms with Crippen LogP contribution in [0.25, 0.3) is 0 Å². The summed E-state index contributed by atoms with van der Waals surface area (Å²) in [4.78, 5) is 25.2. The lowest BCUT2D eigenvalue weighted by Gasteiger charge is -2.22. The van der Waals surface area contributed by atoms with Crippen LogP contribution in [0.1, 0.15) is 43.6 Å². The Morgan fingerprint density at radius 1 is 0.970 bits per heavy atom. The van der Waals surface area contributed by atoms with E-state index in [1.165, 1.54) is 23.5 Å². The summed E-state index contributed by atoms with van der Waals surface area (Å²) in [6.07, 6.45) is 0. The first kappa shape index (κ1) is 26.4. The molecule has 2 aromatic rings. The SMILES string of the molecule is CC(C)C(NC(=O)c1c(F)cccc1F)C(=O)NCc1ccc(S(=O)(=O)N(C)C(C)C)cc1. The smallest absolute Gasteiger partial charge is 0.257 e. The second kappa shape index (κ2) is 10.8. The number of amides is 2. The molecule has 0 spiro atoms. The molecule has 2 amide bonds. The summed E-state index contributed by atoms with van der Waals surface area (Å²) in [6, 6.07) is 7.92. The molecule has 180 valence electrons. The Balaban J connectivity index is 2.07. The molecule has 1 unspecified atom stereocenters. The van der Waals surface area contributed by atoms with Crippen molar-refractivity contribution < 1.29 is 26.8 Å². The van der Waals surface area contributed by atoms with Crippen LogP contribution >= 0.6 is 0 Å². The number of hydrogen-bond donors (Lipinski definition) is 2. The number of nitrogens with one attached hydrogen (secondary N) is 2. The molecular formula is C23H29F2N3O4S. The number of benzene rings is 2. The zero-order chi connectivity index (χ0) is 24.9. The third-order valence-electron chi connectivity index (χ3n) is 5.22. The molecule has 0 aliphatic carbocycles. The normalized spacial score (nSPS) is 12.8. The Bertz CT molecular complexity index is 1080. The van der Waals surface area contributed by atoms with Gasteiger partial charge in [-0.3, -0.25) is 9.59 Å². The average molecular weight is 482 g/mol. The standard InChI is InChI=1S/C23H29F2N3O4S/c1-14(2)21(27-22(29)20-18(24)7-6-8-19(20)25)23(30)26-13-16-9-11-17(12-10-16)33(31,32)28(5)15(3)4/h6-12,14-15,21H,13H2,1-5H3,(H,26,30)(H,27,29). The molecule has 2 N–H and O–H groups in total. The molecule has 0 bridgehead atoms. The highest BCUT2D eigenvalue weighted by Gasteiger charge is 2.27. The van der Waals surface area contributed by atoms with E-state index in [0.717, 1.165) is 18.2 Å². The topological polar surface area (TPSA) is 95.6 Å². The molecule has 10 heteroatoms. The summed E-state index contributed by atoms with van der Waals surface area (Å²) in [5.74, 6) is -3.96. The van der Waals surface area contributed by atoms with Gasteiger partial charge < -0.3 is 10.6 Å². The van der Waals surface area contributed by atoms with Gasteiger partial charge in [0.1, 0.15) is 23.2 Å². The summed E-state index contributed by atoms with van der Waals surface area (Å²) in [5.41, 5.74) is -0.109. The van der Waals surface area contributed by atoms with Crippen LogP contribution in [0.4, 0.5) is 8.78 Å². The van der Waals surface area contributed by atoms with Crippen molar-refractivity contribution in [3.63, 3.8) is 0 Å². The van der Waals surface area contributed by atoms with Gasteiger partial charge in [-0.05, 0) is 49.6 Å². The van der Waals surface area contributed by atoms with Crippen molar-refractivity contribution in [3.8, 4) is 0 Å². The van der Waals surface area contributed by atoms with E-state index in [-0.39, 0.29) is 23.4 Å². The first-order valence-corrected chi connectivity index (χ1v) is 11.9. The number of rotatable bonds is 9. The largest absolute Gasteiger partial charge is 0.350 e. The van der Waals surface area contributed by atoms with Gasteiger partial charge >= 0.3 is 0 Å². The molecule has 0 aliphatic heterocycles. The summed E-state index contributed by atoms with van der Waals surface area (Å²) >= 11 is 0. The zero-order valence-corrected chi connectivity index (χ0v) is 20.0. The van der Waals surface area contributed by atoms with Gasteiger partial charge in [-0.25, -0.2) is 17.2 Å². The minimum Gasteiger partial charge on any atom is -0.350 e. The fraction of sp³-hybridized carbons (Fsp3) is 0.391. The van der Waals surface area contributed by atoms with E-state index >= 15 is 0 Å². The first-order chi connectivity index (χ1) is 15.4. The summed E-state index contributed by atoms with van der Waals surface area (Å²) in [5, 5.41) is 5.05. The molecule has 0 fully saturated rings. The minimum atomic E-state index is -3.62. The van der Waals surface area contributed by atoms with Crippen LogP contribution < -0.4 is 10.6 Å². The number of carbonyl (C=O) groups excluding carboxylic acids is 2. The third kappa shape index (κ3) is 6.35. The Hall–Kier alpha value is -2.85. The van der Waals surface area contributed by atoms with Crippen LogP contribution in [0.3, 0.4) is 0 Å². The second-order valence-corrected chi connectivity index (χ2v) is 10.3. The predicted molar refractivity (Wildman–Crippen MR) is 121 cm³/mol. The fourth-order valence-corrected chi connectivity index (χ4v) is 4.35. The van der Waals surface area contributed by atoms with Crippen molar-refractivity contribution in [1.29, 1.82) is 0 Å². The Labute approximate surface area is 193 Å². The highest BCUT2D eigenvalue weighted by atomic mass is 32.2. The molecule has 0 saturated heterocycles. The fourth-order valence-electron chi connectivity index (χ4n) is 2.99. The zero-order valence-electron chi connectivity index (χ0n) is 19.2. The van der Waals surface area contributed by atoms with E-state index in [1.54, 1.807) is 39.8 Å². The molecule has 33 heavy (non-hydrogen) atoms. The van der Waals surface area contributed by atoms with Crippen LogP contribution in [0.5, 0.6) is 0 Å². The summed E-state index contributed by atoms with van der Waals surface area (Å²) in [7, 11) is -2.12. The van der Waals surface area contributed by atoms with Gasteiger partial charge in [0.05, 0.1) is 4.90 Å². The Morgan fingerprint density at radius 3 is 2.00 bits per heavy atom. The van der Waals surface area contributed by atoms with Crippen LogP contribution in [0, 0.1) is 17.6 Å². The van der Waals surface area contributed by atoms with Crippen molar-refractivity contribution in [2.24, 2.45) is 5.92 Å². The van der Waals surface area contributed by atoms with E-state index in [0.29, 0.717) is 5.56 Å². The molecule has 2 aromatic carbocycles. The van der Waals surface area contributed by atoms with E-state index in [4.69, 9.17) is 0 Å². The highest BCUT2D eigenvalue weighted by Crippen LogP contribution is 2.17. The molecule has 0 saturated carbocycles. The van der Waals surface area contributed by atoms with E-state index in [1.807, 2.05) is 0 Å². The summed E-state index contributed by atoms with van der Waals surface area (Å²) in [6.45, 7) is 6.99. The van der Waals surface area contributed by atoms with Crippen molar-refractivity contribution in [3.05, 3.63) is 65.2 Å². The quantitative estimate of drug-likeness (QED) is 0.576. The highest BCUT2D eigenvalue weighted by molar-refractivity contribution is 7.89. The lowest BCUT2D eigenvalue weighted by Crippen LogP contribution is -2.49. The third-order valence-corrected chi connectivity index (χ3v) is 7.27. The molecular weight excluding hydrogens is 452 g/mol. The number of carbonyl (C=O) groups is 2. The van der Waals surface area contributed by atoms with Gasteiger partial charge in [-0.1, -0.05) is 32.0 Å². The maximum absolute atomic E-state index is 13.9.